The number of hydrogen-bond donors (Lipinski definition) is 1. The molecule has 0 bridgehead atoms. The second kappa shape index (κ2) is 7.22. The fourth-order valence-electron chi connectivity index (χ4n) is 3.30. The van der Waals surface area contributed by atoms with Crippen LogP contribution < -0.4 is 15.0 Å². The Hall–Kier alpha value is -2.79. The number of hydrogen-bond acceptors (Lipinski definition) is 5. The van der Waals surface area contributed by atoms with E-state index in [9.17, 15) is 0 Å². The van der Waals surface area contributed by atoms with E-state index in [2.05, 4.69) is 46.4 Å². The normalized spacial score (nSPS) is 14.5. The van der Waals surface area contributed by atoms with E-state index < -0.39 is 0 Å². The Labute approximate surface area is 153 Å². The summed E-state index contributed by atoms with van der Waals surface area (Å²) in [6.45, 7) is 5.43. The summed E-state index contributed by atoms with van der Waals surface area (Å²) >= 11 is 0. The van der Waals surface area contributed by atoms with Crippen LogP contribution in [0.15, 0.2) is 48.7 Å². The molecule has 1 aromatic heterocycles. The molecule has 0 atom stereocenters. The first-order valence-electron chi connectivity index (χ1n) is 8.86. The molecule has 1 aliphatic heterocycles. The lowest BCUT2D eigenvalue weighted by Crippen LogP contribution is -2.36. The SMILES string of the molecule is COc1cc(C)cc(Nc2ccc3ncc(N4CCOCC4)cc3c2)c1. The van der Waals surface area contributed by atoms with Crippen molar-refractivity contribution in [2.75, 3.05) is 43.6 Å². The minimum Gasteiger partial charge on any atom is -0.497 e. The molecule has 0 spiro atoms. The van der Waals surface area contributed by atoms with Gasteiger partial charge in [0.1, 0.15) is 5.75 Å². The van der Waals surface area contributed by atoms with Crippen LogP contribution in [0.1, 0.15) is 5.56 Å². The molecule has 2 heterocycles. The highest BCUT2D eigenvalue weighted by Crippen LogP contribution is 2.27. The van der Waals surface area contributed by atoms with Crippen LogP contribution in [0, 0.1) is 6.92 Å². The number of aromatic nitrogens is 1. The summed E-state index contributed by atoms with van der Waals surface area (Å²) in [6, 6.07) is 14.6. The standard InChI is InChI=1S/C21H23N3O2/c1-15-9-18(13-20(10-15)25-2)23-17-3-4-21-16(11-17)12-19(14-22-21)24-5-7-26-8-6-24/h3-4,9-14,23H,5-8H2,1-2H3. The number of aryl methyl sites for hydroxylation is 1. The number of benzene rings is 2. The number of fused-ring (bicyclic) bond motifs is 1. The molecule has 1 N–H and O–H groups in total. The Morgan fingerprint density at radius 1 is 1.04 bits per heavy atom. The highest BCUT2D eigenvalue weighted by molar-refractivity contribution is 5.86. The van der Waals surface area contributed by atoms with E-state index in [1.807, 2.05) is 24.4 Å². The summed E-state index contributed by atoms with van der Waals surface area (Å²) in [5, 5.41) is 4.59. The summed E-state index contributed by atoms with van der Waals surface area (Å²) in [7, 11) is 1.69. The zero-order chi connectivity index (χ0) is 17.9. The fourth-order valence-corrected chi connectivity index (χ4v) is 3.30. The summed E-state index contributed by atoms with van der Waals surface area (Å²) in [5.74, 6) is 0.851. The molecule has 134 valence electrons. The van der Waals surface area contributed by atoms with Crippen molar-refractivity contribution in [3.8, 4) is 5.75 Å². The molecular weight excluding hydrogens is 326 g/mol. The molecule has 1 saturated heterocycles. The maximum absolute atomic E-state index is 5.44. The lowest BCUT2D eigenvalue weighted by Gasteiger charge is -2.28. The van der Waals surface area contributed by atoms with Crippen molar-refractivity contribution in [1.82, 2.24) is 4.98 Å². The number of rotatable bonds is 4. The van der Waals surface area contributed by atoms with Gasteiger partial charge in [0.15, 0.2) is 0 Å². The van der Waals surface area contributed by atoms with Crippen LogP contribution in [0.3, 0.4) is 0 Å². The molecule has 26 heavy (non-hydrogen) atoms. The third-order valence-corrected chi connectivity index (χ3v) is 4.62. The first kappa shape index (κ1) is 16.7. The van der Waals surface area contributed by atoms with Crippen LogP contribution in [0.2, 0.25) is 0 Å². The number of nitrogens with zero attached hydrogens (tertiary/aromatic N) is 2. The van der Waals surface area contributed by atoms with Gasteiger partial charge in [-0.2, -0.15) is 0 Å². The first-order chi connectivity index (χ1) is 12.7. The van der Waals surface area contributed by atoms with Crippen LogP contribution in [-0.2, 0) is 4.74 Å². The topological polar surface area (TPSA) is 46.6 Å². The lowest BCUT2D eigenvalue weighted by molar-refractivity contribution is 0.122. The number of pyridine rings is 1. The highest BCUT2D eigenvalue weighted by Gasteiger charge is 2.12. The van der Waals surface area contributed by atoms with Gasteiger partial charge in [-0.1, -0.05) is 0 Å². The first-order valence-corrected chi connectivity index (χ1v) is 8.86. The van der Waals surface area contributed by atoms with Gasteiger partial charge >= 0.3 is 0 Å². The van der Waals surface area contributed by atoms with Crippen molar-refractivity contribution in [2.24, 2.45) is 0 Å². The van der Waals surface area contributed by atoms with E-state index in [4.69, 9.17) is 9.47 Å². The van der Waals surface area contributed by atoms with Crippen molar-refractivity contribution < 1.29 is 9.47 Å². The lowest BCUT2D eigenvalue weighted by atomic mass is 10.1. The van der Waals surface area contributed by atoms with E-state index in [-0.39, 0.29) is 0 Å². The van der Waals surface area contributed by atoms with Crippen molar-refractivity contribution in [3.05, 3.63) is 54.2 Å². The summed E-state index contributed by atoms with van der Waals surface area (Å²) in [6.07, 6.45) is 1.95. The van der Waals surface area contributed by atoms with Gasteiger partial charge in [0, 0.05) is 35.9 Å². The molecule has 0 unspecified atom stereocenters. The second-order valence-electron chi connectivity index (χ2n) is 6.56. The third kappa shape index (κ3) is 3.58. The largest absolute Gasteiger partial charge is 0.497 e. The second-order valence-corrected chi connectivity index (χ2v) is 6.56. The van der Waals surface area contributed by atoms with Crippen molar-refractivity contribution >= 4 is 28.0 Å². The van der Waals surface area contributed by atoms with Gasteiger partial charge in [0.2, 0.25) is 0 Å². The molecule has 0 radical (unpaired) electrons. The fraction of sp³-hybridized carbons (Fsp3) is 0.286. The predicted molar refractivity (Wildman–Crippen MR) is 106 cm³/mol. The molecule has 5 heteroatoms. The van der Waals surface area contributed by atoms with E-state index in [0.717, 1.165) is 65.6 Å². The molecular formula is C21H23N3O2. The number of morpholine rings is 1. The Kier molecular flexibility index (Phi) is 4.63. The van der Waals surface area contributed by atoms with Crippen LogP contribution >= 0.6 is 0 Å². The van der Waals surface area contributed by atoms with Crippen molar-refractivity contribution in [1.29, 1.82) is 0 Å². The molecule has 4 rings (SSSR count). The van der Waals surface area contributed by atoms with Crippen molar-refractivity contribution in [3.63, 3.8) is 0 Å². The Morgan fingerprint density at radius 3 is 2.69 bits per heavy atom. The molecule has 5 nitrogen and oxygen atoms in total. The number of nitrogens with one attached hydrogen (secondary N) is 1. The number of ether oxygens (including phenoxy) is 2. The van der Waals surface area contributed by atoms with E-state index in [1.54, 1.807) is 7.11 Å². The summed E-state index contributed by atoms with van der Waals surface area (Å²) in [4.78, 5) is 6.94. The van der Waals surface area contributed by atoms with Crippen LogP contribution in [0.5, 0.6) is 5.75 Å². The van der Waals surface area contributed by atoms with Crippen LogP contribution in [0.4, 0.5) is 17.1 Å². The van der Waals surface area contributed by atoms with Gasteiger partial charge in [-0.25, -0.2) is 0 Å². The van der Waals surface area contributed by atoms with E-state index >= 15 is 0 Å². The molecule has 0 amide bonds. The van der Waals surface area contributed by atoms with Crippen LogP contribution in [0.25, 0.3) is 10.9 Å². The number of anilines is 3. The van der Waals surface area contributed by atoms with Crippen LogP contribution in [-0.4, -0.2) is 38.4 Å². The maximum atomic E-state index is 5.44. The van der Waals surface area contributed by atoms with Gasteiger partial charge in [0.05, 0.1) is 37.7 Å². The van der Waals surface area contributed by atoms with Gasteiger partial charge in [-0.05, 0) is 48.9 Å². The Morgan fingerprint density at radius 2 is 1.88 bits per heavy atom. The van der Waals surface area contributed by atoms with Gasteiger partial charge < -0.3 is 19.7 Å². The minimum absolute atomic E-state index is 0.773. The van der Waals surface area contributed by atoms with E-state index in [1.165, 1.54) is 0 Å². The van der Waals surface area contributed by atoms with Crippen molar-refractivity contribution in [2.45, 2.75) is 6.92 Å². The zero-order valence-corrected chi connectivity index (χ0v) is 15.2. The molecule has 1 aliphatic rings. The Bertz CT molecular complexity index is 920. The molecule has 0 saturated carbocycles. The molecule has 1 fully saturated rings. The third-order valence-electron chi connectivity index (χ3n) is 4.62. The maximum Gasteiger partial charge on any atom is 0.121 e. The summed E-state index contributed by atoms with van der Waals surface area (Å²) < 4.78 is 10.8. The van der Waals surface area contributed by atoms with Gasteiger partial charge in [0.25, 0.3) is 0 Å². The average Bonchev–Trinajstić information content (AvgIpc) is 2.67. The molecule has 3 aromatic rings. The monoisotopic (exact) mass is 349 g/mol. The smallest absolute Gasteiger partial charge is 0.121 e. The van der Waals surface area contributed by atoms with Gasteiger partial charge in [-0.15, -0.1) is 0 Å². The molecule has 2 aromatic carbocycles. The quantitative estimate of drug-likeness (QED) is 0.767. The predicted octanol–water partition coefficient (Wildman–Crippen LogP) is 4.13. The highest BCUT2D eigenvalue weighted by atomic mass is 16.5. The number of methoxy groups -OCH3 is 1. The molecule has 0 aliphatic carbocycles. The van der Waals surface area contributed by atoms with E-state index in [0.29, 0.717) is 0 Å². The summed E-state index contributed by atoms with van der Waals surface area (Å²) in [5.41, 5.74) is 5.35. The minimum atomic E-state index is 0.773. The zero-order valence-electron chi connectivity index (χ0n) is 15.2. The Balaban J connectivity index is 1.62. The average molecular weight is 349 g/mol. The van der Waals surface area contributed by atoms with Gasteiger partial charge in [-0.3, -0.25) is 4.98 Å².